The van der Waals surface area contributed by atoms with Crippen LogP contribution in [-0.2, 0) is 11.3 Å². The molecule has 0 spiro atoms. The first-order valence-corrected chi connectivity index (χ1v) is 16.3. The van der Waals surface area contributed by atoms with Crippen molar-refractivity contribution in [2.45, 2.75) is 11.3 Å². The molecule has 0 N–H and O–H groups in total. The van der Waals surface area contributed by atoms with Crippen molar-refractivity contribution < 1.29 is 0 Å². The first-order chi connectivity index (χ1) is 21.8. The zero-order valence-electron chi connectivity index (χ0n) is 23.6. The molecule has 2 aliphatic rings. The number of aliphatic imine (C=N–C) groups is 4. The minimum Gasteiger partial charge on any atom is -0.243 e. The molecule has 0 bridgehead atoms. The second-order valence-electron chi connectivity index (χ2n) is 10.7. The molecule has 0 saturated heterocycles. The molecular weight excluding hydrogens is 577 g/mol. The van der Waals surface area contributed by atoms with E-state index in [-0.39, 0.29) is 0 Å². The van der Waals surface area contributed by atoms with Crippen LogP contribution in [0.5, 0.6) is 0 Å². The number of hydrogen-bond acceptors (Lipinski definition) is 6. The Morgan fingerprint density at radius 1 is 0.341 bits per heavy atom. The average Bonchev–Trinajstić information content (AvgIpc) is 3.92. The summed E-state index contributed by atoms with van der Waals surface area (Å²) >= 11 is 3.27. The van der Waals surface area contributed by atoms with E-state index in [1.807, 2.05) is 72.8 Å². The van der Waals surface area contributed by atoms with Crippen LogP contribution in [0, 0.1) is 0 Å². The van der Waals surface area contributed by atoms with Gasteiger partial charge in [0.25, 0.3) is 0 Å². The van der Waals surface area contributed by atoms with Crippen molar-refractivity contribution in [3.05, 3.63) is 188 Å². The van der Waals surface area contributed by atoms with Crippen molar-refractivity contribution in [1.82, 2.24) is 0 Å². The quantitative estimate of drug-likeness (QED) is 0.175. The Hall–Kier alpha value is -5.04. The summed E-state index contributed by atoms with van der Waals surface area (Å²) in [7, 11) is 0. The van der Waals surface area contributed by atoms with E-state index in [0.717, 1.165) is 56.2 Å². The first-order valence-electron chi connectivity index (χ1n) is 14.4. The summed E-state index contributed by atoms with van der Waals surface area (Å²) in [5, 5.41) is 8.46. The van der Waals surface area contributed by atoms with Gasteiger partial charge in [-0.15, -0.1) is 0 Å². The maximum absolute atomic E-state index is 5.67. The second kappa shape index (κ2) is 10.9. The van der Waals surface area contributed by atoms with Crippen molar-refractivity contribution in [3.8, 4) is 0 Å². The molecule has 0 unspecified atom stereocenters. The van der Waals surface area contributed by atoms with Crippen LogP contribution in [0.3, 0.4) is 0 Å². The lowest BCUT2D eigenvalue weighted by Gasteiger charge is -2.37. The molecule has 0 radical (unpaired) electrons. The maximum Gasteiger partial charge on any atom is 0.227 e. The van der Waals surface area contributed by atoms with Gasteiger partial charge in [0.2, 0.25) is 11.3 Å². The lowest BCUT2D eigenvalue weighted by Crippen LogP contribution is -2.42. The molecule has 0 fully saturated rings. The normalized spacial score (nSPS) is 16.6. The van der Waals surface area contributed by atoms with Crippen molar-refractivity contribution in [1.29, 1.82) is 0 Å². The fourth-order valence-electron chi connectivity index (χ4n) is 6.00. The molecule has 6 aromatic rings. The Balaban J connectivity index is 1.49. The van der Waals surface area contributed by atoms with E-state index in [2.05, 4.69) is 82.2 Å². The molecule has 0 saturated carbocycles. The molecule has 210 valence electrons. The van der Waals surface area contributed by atoms with E-state index in [9.17, 15) is 0 Å². The van der Waals surface area contributed by atoms with Gasteiger partial charge in [0.1, 0.15) is 0 Å². The molecule has 44 heavy (non-hydrogen) atoms. The van der Waals surface area contributed by atoms with Gasteiger partial charge in [-0.25, -0.2) is 20.0 Å². The predicted octanol–water partition coefficient (Wildman–Crippen LogP) is 8.80. The fraction of sp³-hybridized carbons (Fsp3) is 0.0526. The monoisotopic (exact) mass is 602 g/mol. The summed E-state index contributed by atoms with van der Waals surface area (Å²) in [5.41, 5.74) is 6.88. The van der Waals surface area contributed by atoms with Crippen LogP contribution in [0.25, 0.3) is 0 Å². The molecule has 0 aliphatic carbocycles. The van der Waals surface area contributed by atoms with E-state index in [0.29, 0.717) is 0 Å². The van der Waals surface area contributed by atoms with E-state index in [1.54, 1.807) is 22.7 Å². The summed E-state index contributed by atoms with van der Waals surface area (Å²) in [6, 6.07) is 45.6. The van der Waals surface area contributed by atoms with Crippen LogP contribution in [-0.4, -0.2) is 22.8 Å². The van der Waals surface area contributed by atoms with Gasteiger partial charge in [-0.2, -0.15) is 22.7 Å². The molecule has 8 rings (SSSR count). The van der Waals surface area contributed by atoms with E-state index in [1.165, 1.54) is 0 Å². The van der Waals surface area contributed by atoms with Crippen LogP contribution >= 0.6 is 22.7 Å². The lowest BCUT2D eigenvalue weighted by molar-refractivity contribution is 0.258. The molecular formula is C38H26N4S2. The molecule has 6 heteroatoms. The summed E-state index contributed by atoms with van der Waals surface area (Å²) in [5.74, 6) is 0. The molecule has 2 aromatic heterocycles. The first kappa shape index (κ1) is 26.6. The molecule has 0 atom stereocenters. The lowest BCUT2D eigenvalue weighted by atomic mass is 9.84. The SMILES string of the molecule is c1ccc(C2=NC(c3ccsc3)(C3(c4ccsc4)N=C(c4ccccc4)C(c4ccccc4)=N3)N=C2c2ccccc2)cc1. The van der Waals surface area contributed by atoms with Crippen molar-refractivity contribution >= 4 is 45.5 Å². The average molecular weight is 603 g/mol. The second-order valence-corrected chi connectivity index (χ2v) is 12.2. The third kappa shape index (κ3) is 4.26. The zero-order valence-corrected chi connectivity index (χ0v) is 25.2. The molecule has 4 nitrogen and oxygen atoms in total. The number of thiophene rings is 2. The molecule has 4 heterocycles. The van der Waals surface area contributed by atoms with Gasteiger partial charge in [-0.3, -0.25) is 0 Å². The largest absolute Gasteiger partial charge is 0.243 e. The van der Waals surface area contributed by atoms with Crippen LogP contribution < -0.4 is 0 Å². The van der Waals surface area contributed by atoms with Gasteiger partial charge in [0.05, 0.1) is 22.8 Å². The summed E-state index contributed by atoms with van der Waals surface area (Å²) in [6.07, 6.45) is 0. The highest BCUT2D eigenvalue weighted by molar-refractivity contribution is 7.08. The number of nitrogens with zero attached hydrogens (tertiary/aromatic N) is 4. The van der Waals surface area contributed by atoms with Crippen LogP contribution in [0.15, 0.2) is 175 Å². The van der Waals surface area contributed by atoms with Crippen LogP contribution in [0.2, 0.25) is 0 Å². The molecule has 0 amide bonds. The Kier molecular flexibility index (Phi) is 6.59. The standard InChI is InChI=1S/C38H26N4S2/c1-5-13-27(14-6-1)33-34(28-15-7-2-8-16-28)40-37(39-33,31-21-23-43-25-31)38(32-22-24-44-26-32)41-35(29-17-9-3-10-18-29)36(42-38)30-19-11-4-12-20-30/h1-26H. The van der Waals surface area contributed by atoms with Gasteiger partial charge < -0.3 is 0 Å². The van der Waals surface area contributed by atoms with E-state index >= 15 is 0 Å². The van der Waals surface area contributed by atoms with Crippen LogP contribution in [0.1, 0.15) is 33.4 Å². The Labute approximate surface area is 264 Å². The fourth-order valence-corrected chi connectivity index (χ4v) is 7.38. The molecule has 2 aliphatic heterocycles. The Bertz CT molecular complexity index is 1760. The Morgan fingerprint density at radius 3 is 0.841 bits per heavy atom. The minimum absolute atomic E-state index is 0.831. The number of benzene rings is 4. The van der Waals surface area contributed by atoms with E-state index < -0.39 is 11.3 Å². The predicted molar refractivity (Wildman–Crippen MR) is 184 cm³/mol. The third-order valence-electron chi connectivity index (χ3n) is 8.07. The Morgan fingerprint density at radius 2 is 0.614 bits per heavy atom. The van der Waals surface area contributed by atoms with Gasteiger partial charge in [-0.1, -0.05) is 121 Å². The topological polar surface area (TPSA) is 49.4 Å². The van der Waals surface area contributed by atoms with Gasteiger partial charge >= 0.3 is 0 Å². The van der Waals surface area contributed by atoms with Crippen LogP contribution in [0.4, 0.5) is 0 Å². The highest BCUT2D eigenvalue weighted by Crippen LogP contribution is 2.55. The summed E-state index contributed by atoms with van der Waals surface area (Å²) in [4.78, 5) is 22.7. The molecule has 4 aromatic carbocycles. The summed E-state index contributed by atoms with van der Waals surface area (Å²) in [6.45, 7) is 0. The van der Waals surface area contributed by atoms with E-state index in [4.69, 9.17) is 20.0 Å². The van der Waals surface area contributed by atoms with Gasteiger partial charge in [-0.05, 0) is 33.7 Å². The van der Waals surface area contributed by atoms with Crippen molar-refractivity contribution in [2.75, 3.05) is 0 Å². The van der Waals surface area contributed by atoms with Gasteiger partial charge in [0.15, 0.2) is 0 Å². The maximum atomic E-state index is 5.67. The smallest absolute Gasteiger partial charge is 0.227 e. The highest BCUT2D eigenvalue weighted by atomic mass is 32.1. The third-order valence-corrected chi connectivity index (χ3v) is 9.43. The number of rotatable bonds is 7. The highest BCUT2D eigenvalue weighted by Gasteiger charge is 2.60. The van der Waals surface area contributed by atoms with Crippen molar-refractivity contribution in [3.63, 3.8) is 0 Å². The summed E-state index contributed by atoms with van der Waals surface area (Å²) < 4.78 is 0. The van der Waals surface area contributed by atoms with Crippen molar-refractivity contribution in [2.24, 2.45) is 20.0 Å². The minimum atomic E-state index is -1.19. The zero-order chi connectivity index (χ0) is 29.4. The number of hydrogen-bond donors (Lipinski definition) is 0. The van der Waals surface area contributed by atoms with Gasteiger partial charge in [0, 0.05) is 33.4 Å².